The molecular formula is C21H23N3O3. The molecule has 1 aliphatic rings. The van der Waals surface area contributed by atoms with Crippen LogP contribution in [0.2, 0.25) is 0 Å². The number of carbonyl (C=O) groups is 3. The second-order valence-electron chi connectivity index (χ2n) is 6.76. The van der Waals surface area contributed by atoms with Crippen molar-refractivity contribution in [1.29, 1.82) is 0 Å². The molecule has 0 spiro atoms. The van der Waals surface area contributed by atoms with Crippen LogP contribution >= 0.6 is 0 Å². The molecule has 140 valence electrons. The van der Waals surface area contributed by atoms with E-state index in [9.17, 15) is 14.4 Å². The Kier molecular flexibility index (Phi) is 5.86. The third-order valence-corrected chi connectivity index (χ3v) is 4.35. The van der Waals surface area contributed by atoms with Gasteiger partial charge in [-0.1, -0.05) is 30.3 Å². The Morgan fingerprint density at radius 3 is 2.07 bits per heavy atom. The first-order chi connectivity index (χ1) is 13.0. The second kappa shape index (κ2) is 8.49. The number of hydrogen-bond donors (Lipinski definition) is 3. The third kappa shape index (κ3) is 5.67. The van der Waals surface area contributed by atoms with E-state index < -0.39 is 0 Å². The first kappa shape index (κ1) is 18.6. The molecule has 0 radical (unpaired) electrons. The Bertz CT molecular complexity index is 814. The summed E-state index contributed by atoms with van der Waals surface area (Å²) in [7, 11) is 0. The first-order valence-corrected chi connectivity index (χ1v) is 9.04. The average Bonchev–Trinajstić information content (AvgIpc) is 3.48. The summed E-state index contributed by atoms with van der Waals surface area (Å²) in [6.45, 7) is 1.43. The monoisotopic (exact) mass is 365 g/mol. The van der Waals surface area contributed by atoms with Crippen molar-refractivity contribution >= 4 is 29.1 Å². The van der Waals surface area contributed by atoms with E-state index in [1.807, 2.05) is 30.3 Å². The fraction of sp³-hybridized carbons (Fsp3) is 0.286. The van der Waals surface area contributed by atoms with Gasteiger partial charge < -0.3 is 16.0 Å². The molecule has 0 saturated heterocycles. The lowest BCUT2D eigenvalue weighted by molar-refractivity contribution is -0.120. The van der Waals surface area contributed by atoms with Gasteiger partial charge in [0.2, 0.25) is 17.7 Å². The van der Waals surface area contributed by atoms with Crippen molar-refractivity contribution < 1.29 is 14.4 Å². The van der Waals surface area contributed by atoms with Gasteiger partial charge in [0.15, 0.2) is 0 Å². The molecule has 3 amide bonds. The van der Waals surface area contributed by atoms with Crippen LogP contribution in [0.1, 0.15) is 37.8 Å². The summed E-state index contributed by atoms with van der Waals surface area (Å²) in [6, 6.07) is 16.0. The number of hydrogen-bond acceptors (Lipinski definition) is 3. The Balaban J connectivity index is 1.58. The summed E-state index contributed by atoms with van der Waals surface area (Å²) in [5.74, 6) is -0.194. The summed E-state index contributed by atoms with van der Waals surface area (Å²) in [4.78, 5) is 35.6. The highest BCUT2D eigenvalue weighted by Crippen LogP contribution is 2.30. The van der Waals surface area contributed by atoms with Crippen molar-refractivity contribution in [3.05, 3.63) is 60.2 Å². The highest BCUT2D eigenvalue weighted by Gasteiger charge is 2.29. The SMILES string of the molecule is CC(=O)N[C@@H](CC(=O)Nc1ccc(NC(=O)C2CC2)cc1)c1ccccc1. The van der Waals surface area contributed by atoms with Crippen molar-refractivity contribution in [2.75, 3.05) is 10.6 Å². The fourth-order valence-electron chi connectivity index (χ4n) is 2.81. The van der Waals surface area contributed by atoms with E-state index in [1.165, 1.54) is 6.92 Å². The third-order valence-electron chi connectivity index (χ3n) is 4.35. The summed E-state index contributed by atoms with van der Waals surface area (Å²) in [5.41, 5.74) is 2.23. The second-order valence-corrected chi connectivity index (χ2v) is 6.76. The van der Waals surface area contributed by atoms with E-state index in [-0.39, 0.29) is 36.1 Å². The zero-order chi connectivity index (χ0) is 19.2. The largest absolute Gasteiger partial charge is 0.349 e. The minimum atomic E-state index is -0.388. The molecule has 0 unspecified atom stereocenters. The average molecular weight is 365 g/mol. The lowest BCUT2D eigenvalue weighted by atomic mass is 10.0. The Hall–Kier alpha value is -3.15. The fourth-order valence-corrected chi connectivity index (χ4v) is 2.81. The smallest absolute Gasteiger partial charge is 0.227 e. The lowest BCUT2D eigenvalue weighted by Crippen LogP contribution is -2.29. The van der Waals surface area contributed by atoms with Crippen LogP contribution in [0.3, 0.4) is 0 Å². The minimum absolute atomic E-state index is 0.0489. The van der Waals surface area contributed by atoms with Gasteiger partial charge in [0.25, 0.3) is 0 Å². The summed E-state index contributed by atoms with van der Waals surface area (Å²) in [6.07, 6.45) is 2.04. The topological polar surface area (TPSA) is 87.3 Å². The number of rotatable bonds is 7. The van der Waals surface area contributed by atoms with Gasteiger partial charge in [-0.25, -0.2) is 0 Å². The molecule has 1 aliphatic carbocycles. The molecule has 6 heteroatoms. The molecular weight excluding hydrogens is 342 g/mol. The highest BCUT2D eigenvalue weighted by atomic mass is 16.2. The maximum absolute atomic E-state index is 12.4. The number of anilines is 2. The van der Waals surface area contributed by atoms with Gasteiger partial charge in [0.05, 0.1) is 12.5 Å². The van der Waals surface area contributed by atoms with E-state index in [0.717, 1.165) is 18.4 Å². The molecule has 3 N–H and O–H groups in total. The van der Waals surface area contributed by atoms with Gasteiger partial charge in [-0.3, -0.25) is 14.4 Å². The van der Waals surface area contributed by atoms with E-state index in [0.29, 0.717) is 11.4 Å². The summed E-state index contributed by atoms with van der Waals surface area (Å²) < 4.78 is 0. The molecule has 2 aromatic rings. The van der Waals surface area contributed by atoms with Gasteiger partial charge in [-0.05, 0) is 42.7 Å². The molecule has 6 nitrogen and oxygen atoms in total. The van der Waals surface area contributed by atoms with Crippen LogP contribution in [0, 0.1) is 5.92 Å². The molecule has 27 heavy (non-hydrogen) atoms. The van der Waals surface area contributed by atoms with Crippen LogP contribution < -0.4 is 16.0 Å². The number of benzene rings is 2. The van der Waals surface area contributed by atoms with E-state index >= 15 is 0 Å². The molecule has 0 aromatic heterocycles. The molecule has 1 fully saturated rings. The maximum Gasteiger partial charge on any atom is 0.227 e. The van der Waals surface area contributed by atoms with Gasteiger partial charge in [-0.2, -0.15) is 0 Å². The van der Waals surface area contributed by atoms with Crippen LogP contribution in [-0.4, -0.2) is 17.7 Å². The van der Waals surface area contributed by atoms with Crippen LogP contribution in [0.25, 0.3) is 0 Å². The van der Waals surface area contributed by atoms with Crippen molar-refractivity contribution in [3.63, 3.8) is 0 Å². The first-order valence-electron chi connectivity index (χ1n) is 9.04. The van der Waals surface area contributed by atoms with Gasteiger partial charge in [-0.15, -0.1) is 0 Å². The summed E-state index contributed by atoms with van der Waals surface area (Å²) >= 11 is 0. The van der Waals surface area contributed by atoms with Crippen molar-refractivity contribution in [2.24, 2.45) is 5.92 Å². The molecule has 3 rings (SSSR count). The van der Waals surface area contributed by atoms with Crippen LogP contribution in [0.5, 0.6) is 0 Å². The maximum atomic E-state index is 12.4. The van der Waals surface area contributed by atoms with Gasteiger partial charge >= 0.3 is 0 Å². The van der Waals surface area contributed by atoms with Crippen molar-refractivity contribution in [1.82, 2.24) is 5.32 Å². The van der Waals surface area contributed by atoms with E-state index in [4.69, 9.17) is 0 Å². The van der Waals surface area contributed by atoms with E-state index in [1.54, 1.807) is 24.3 Å². The Morgan fingerprint density at radius 2 is 1.52 bits per heavy atom. The molecule has 1 atom stereocenters. The van der Waals surface area contributed by atoms with Gasteiger partial charge in [0, 0.05) is 24.2 Å². The zero-order valence-electron chi connectivity index (χ0n) is 15.2. The van der Waals surface area contributed by atoms with Crippen molar-refractivity contribution in [3.8, 4) is 0 Å². The quantitative estimate of drug-likeness (QED) is 0.704. The van der Waals surface area contributed by atoms with Crippen molar-refractivity contribution in [2.45, 2.75) is 32.2 Å². The highest BCUT2D eigenvalue weighted by molar-refractivity contribution is 5.95. The summed E-state index contributed by atoms with van der Waals surface area (Å²) in [5, 5.41) is 8.50. The molecule has 2 aromatic carbocycles. The Labute approximate surface area is 158 Å². The minimum Gasteiger partial charge on any atom is -0.349 e. The molecule has 0 heterocycles. The molecule has 0 aliphatic heterocycles. The number of amides is 3. The lowest BCUT2D eigenvalue weighted by Gasteiger charge is -2.18. The van der Waals surface area contributed by atoms with Crippen LogP contribution in [0.4, 0.5) is 11.4 Å². The van der Waals surface area contributed by atoms with Crippen LogP contribution in [-0.2, 0) is 14.4 Å². The standard InChI is InChI=1S/C21H23N3O3/c1-14(25)22-19(15-5-3-2-4-6-15)13-20(26)23-17-9-11-18(12-10-17)24-21(27)16-7-8-16/h2-6,9-12,16,19H,7-8,13H2,1H3,(H,22,25)(H,23,26)(H,24,27)/t19-/m0/s1. The van der Waals surface area contributed by atoms with Crippen LogP contribution in [0.15, 0.2) is 54.6 Å². The predicted molar refractivity (Wildman–Crippen MR) is 104 cm³/mol. The number of carbonyl (C=O) groups excluding carboxylic acids is 3. The molecule has 1 saturated carbocycles. The van der Waals surface area contributed by atoms with E-state index in [2.05, 4.69) is 16.0 Å². The normalized spacial score (nSPS) is 14.1. The zero-order valence-corrected chi connectivity index (χ0v) is 15.2. The molecule has 0 bridgehead atoms. The number of nitrogens with one attached hydrogen (secondary N) is 3. The van der Waals surface area contributed by atoms with Gasteiger partial charge in [0.1, 0.15) is 0 Å². The predicted octanol–water partition coefficient (Wildman–Crippen LogP) is 3.24. The Morgan fingerprint density at radius 1 is 0.926 bits per heavy atom.